The number of rotatable bonds is 7. The lowest BCUT2D eigenvalue weighted by Gasteiger charge is -2.29. The Hall–Kier alpha value is -2.09. The number of amides is 2. The van der Waals surface area contributed by atoms with Gasteiger partial charge in [-0.15, -0.1) is 0 Å². The van der Waals surface area contributed by atoms with Crippen molar-refractivity contribution in [1.82, 2.24) is 15.1 Å². The van der Waals surface area contributed by atoms with E-state index in [-0.39, 0.29) is 37.0 Å². The van der Waals surface area contributed by atoms with Crippen molar-refractivity contribution < 1.29 is 22.8 Å². The SMILES string of the molecule is CC(c1cccc(C(F)(F)F)c1)N(CC(=O)NCC(=O)N1CCCC1)C1CC1. The highest BCUT2D eigenvalue weighted by Crippen LogP contribution is 2.36. The number of nitrogens with one attached hydrogen (secondary N) is 1. The van der Waals surface area contributed by atoms with Crippen LogP contribution in [0, 0.1) is 0 Å². The summed E-state index contributed by atoms with van der Waals surface area (Å²) in [5, 5.41) is 2.66. The van der Waals surface area contributed by atoms with Gasteiger partial charge in [-0.05, 0) is 50.3 Å². The summed E-state index contributed by atoms with van der Waals surface area (Å²) in [5.74, 6) is -0.368. The van der Waals surface area contributed by atoms with E-state index >= 15 is 0 Å². The van der Waals surface area contributed by atoms with E-state index in [1.807, 2.05) is 11.8 Å². The van der Waals surface area contributed by atoms with Crippen molar-refractivity contribution in [3.05, 3.63) is 35.4 Å². The van der Waals surface area contributed by atoms with E-state index in [2.05, 4.69) is 5.32 Å². The molecule has 5 nitrogen and oxygen atoms in total. The van der Waals surface area contributed by atoms with Crippen LogP contribution in [0.15, 0.2) is 24.3 Å². The molecule has 1 unspecified atom stereocenters. The summed E-state index contributed by atoms with van der Waals surface area (Å²) >= 11 is 0. The molecule has 1 heterocycles. The van der Waals surface area contributed by atoms with Crippen LogP contribution in [0.25, 0.3) is 0 Å². The molecule has 1 atom stereocenters. The highest BCUT2D eigenvalue weighted by molar-refractivity contribution is 5.85. The fourth-order valence-corrected chi connectivity index (χ4v) is 3.63. The topological polar surface area (TPSA) is 52.7 Å². The van der Waals surface area contributed by atoms with Gasteiger partial charge in [-0.1, -0.05) is 12.1 Å². The van der Waals surface area contributed by atoms with E-state index in [4.69, 9.17) is 0 Å². The van der Waals surface area contributed by atoms with Gasteiger partial charge in [0.1, 0.15) is 0 Å². The lowest BCUT2D eigenvalue weighted by molar-refractivity contribution is -0.137. The smallest absolute Gasteiger partial charge is 0.346 e. The molecule has 2 aliphatic rings. The van der Waals surface area contributed by atoms with Gasteiger partial charge in [-0.2, -0.15) is 13.2 Å². The summed E-state index contributed by atoms with van der Waals surface area (Å²) in [7, 11) is 0. The van der Waals surface area contributed by atoms with Crippen LogP contribution < -0.4 is 5.32 Å². The Kier molecular flexibility index (Phi) is 6.27. The molecular formula is C20H26F3N3O2. The molecule has 1 N–H and O–H groups in total. The lowest BCUT2D eigenvalue weighted by atomic mass is 10.0. The number of likely N-dealkylation sites (tertiary alicyclic amines) is 1. The van der Waals surface area contributed by atoms with Gasteiger partial charge in [-0.25, -0.2) is 0 Å². The lowest BCUT2D eigenvalue weighted by Crippen LogP contribution is -2.44. The first kappa shape index (κ1) is 20.6. The van der Waals surface area contributed by atoms with Gasteiger partial charge >= 0.3 is 6.18 Å². The predicted molar refractivity (Wildman–Crippen MR) is 98.4 cm³/mol. The third-order valence-electron chi connectivity index (χ3n) is 5.43. The van der Waals surface area contributed by atoms with Crippen LogP contribution in [-0.2, 0) is 15.8 Å². The number of hydrogen-bond acceptors (Lipinski definition) is 3. The molecule has 1 aromatic rings. The number of alkyl halides is 3. The molecule has 8 heteroatoms. The highest BCUT2D eigenvalue weighted by Gasteiger charge is 2.35. The van der Waals surface area contributed by atoms with E-state index in [1.165, 1.54) is 6.07 Å². The summed E-state index contributed by atoms with van der Waals surface area (Å²) in [4.78, 5) is 28.1. The third-order valence-corrected chi connectivity index (χ3v) is 5.43. The highest BCUT2D eigenvalue weighted by atomic mass is 19.4. The molecule has 1 aromatic carbocycles. The quantitative estimate of drug-likeness (QED) is 0.770. The molecule has 0 radical (unpaired) electrons. The number of nitrogens with zero attached hydrogens (tertiary/aromatic N) is 2. The average molecular weight is 397 g/mol. The van der Waals surface area contributed by atoms with E-state index < -0.39 is 11.7 Å². The Labute approximate surface area is 162 Å². The average Bonchev–Trinajstić information content (AvgIpc) is 3.35. The van der Waals surface area contributed by atoms with Crippen LogP contribution >= 0.6 is 0 Å². The van der Waals surface area contributed by atoms with Crippen molar-refractivity contribution in [3.8, 4) is 0 Å². The van der Waals surface area contributed by atoms with Crippen LogP contribution in [-0.4, -0.2) is 53.8 Å². The van der Waals surface area contributed by atoms with Gasteiger partial charge in [0.05, 0.1) is 18.7 Å². The Balaban J connectivity index is 1.60. The summed E-state index contributed by atoms with van der Waals surface area (Å²) in [6.45, 7) is 3.31. The summed E-state index contributed by atoms with van der Waals surface area (Å²) in [6, 6.07) is 5.11. The Morgan fingerprint density at radius 3 is 2.54 bits per heavy atom. The second-order valence-corrected chi connectivity index (χ2v) is 7.57. The third kappa shape index (κ3) is 5.25. The molecule has 28 heavy (non-hydrogen) atoms. The van der Waals surface area contributed by atoms with Crippen molar-refractivity contribution in [2.75, 3.05) is 26.2 Å². The number of benzene rings is 1. The van der Waals surface area contributed by atoms with Crippen LogP contribution in [0.5, 0.6) is 0 Å². The predicted octanol–water partition coefficient (Wildman–Crippen LogP) is 2.97. The molecule has 2 fully saturated rings. The number of halogens is 3. The van der Waals surface area contributed by atoms with Crippen molar-refractivity contribution in [2.24, 2.45) is 0 Å². The fraction of sp³-hybridized carbons (Fsp3) is 0.600. The zero-order chi connectivity index (χ0) is 20.3. The number of hydrogen-bond donors (Lipinski definition) is 1. The molecule has 3 rings (SSSR count). The monoisotopic (exact) mass is 397 g/mol. The molecule has 1 saturated heterocycles. The first-order valence-electron chi connectivity index (χ1n) is 9.73. The van der Waals surface area contributed by atoms with E-state index in [9.17, 15) is 22.8 Å². The molecule has 1 aliphatic heterocycles. The molecule has 154 valence electrons. The van der Waals surface area contributed by atoms with Gasteiger partial charge in [-0.3, -0.25) is 14.5 Å². The number of carbonyl (C=O) groups is 2. The minimum atomic E-state index is -4.40. The van der Waals surface area contributed by atoms with Crippen LogP contribution in [0.1, 0.15) is 49.8 Å². The van der Waals surface area contributed by atoms with E-state index in [0.717, 1.165) is 50.9 Å². The van der Waals surface area contributed by atoms with Gasteiger partial charge in [0, 0.05) is 25.2 Å². The second kappa shape index (κ2) is 8.51. The van der Waals surface area contributed by atoms with Gasteiger partial charge in [0.25, 0.3) is 0 Å². The van der Waals surface area contributed by atoms with Gasteiger partial charge < -0.3 is 10.2 Å². The largest absolute Gasteiger partial charge is 0.416 e. The molecule has 1 saturated carbocycles. The normalized spacial score (nSPS) is 18.4. The Morgan fingerprint density at radius 1 is 1.25 bits per heavy atom. The number of carbonyl (C=O) groups excluding carboxylic acids is 2. The zero-order valence-electron chi connectivity index (χ0n) is 16.0. The van der Waals surface area contributed by atoms with Gasteiger partial charge in [0.15, 0.2) is 0 Å². The van der Waals surface area contributed by atoms with Crippen LogP contribution in [0.4, 0.5) is 13.2 Å². The maximum Gasteiger partial charge on any atom is 0.416 e. The molecule has 0 bridgehead atoms. The van der Waals surface area contributed by atoms with Crippen molar-refractivity contribution in [2.45, 2.75) is 50.9 Å². The maximum absolute atomic E-state index is 13.0. The Bertz CT molecular complexity index is 713. The molecule has 0 spiro atoms. The second-order valence-electron chi connectivity index (χ2n) is 7.57. The first-order valence-corrected chi connectivity index (χ1v) is 9.73. The molecule has 1 aliphatic carbocycles. The van der Waals surface area contributed by atoms with E-state index in [1.54, 1.807) is 11.0 Å². The van der Waals surface area contributed by atoms with Crippen LogP contribution in [0.3, 0.4) is 0 Å². The van der Waals surface area contributed by atoms with Crippen molar-refractivity contribution in [3.63, 3.8) is 0 Å². The minimum Gasteiger partial charge on any atom is -0.346 e. The molecule has 0 aromatic heterocycles. The van der Waals surface area contributed by atoms with E-state index in [0.29, 0.717) is 5.56 Å². The summed E-state index contributed by atoms with van der Waals surface area (Å²) in [6.07, 6.45) is -0.576. The van der Waals surface area contributed by atoms with Gasteiger partial charge in [0.2, 0.25) is 11.8 Å². The fourth-order valence-electron chi connectivity index (χ4n) is 3.63. The maximum atomic E-state index is 13.0. The summed E-state index contributed by atoms with van der Waals surface area (Å²) in [5.41, 5.74) is -0.157. The molecule has 2 amide bonds. The summed E-state index contributed by atoms with van der Waals surface area (Å²) < 4.78 is 39.0. The van der Waals surface area contributed by atoms with Crippen molar-refractivity contribution in [1.29, 1.82) is 0 Å². The van der Waals surface area contributed by atoms with Crippen molar-refractivity contribution >= 4 is 11.8 Å². The molecular weight excluding hydrogens is 371 g/mol. The minimum absolute atomic E-state index is 0.0325. The first-order chi connectivity index (χ1) is 13.3. The standard InChI is InChI=1S/C20H26F3N3O2/c1-14(15-5-4-6-16(11-15)20(21,22)23)26(17-7-8-17)13-18(27)24-12-19(28)25-9-2-3-10-25/h4-6,11,14,17H,2-3,7-10,12-13H2,1H3,(H,24,27). The zero-order valence-corrected chi connectivity index (χ0v) is 16.0. The van der Waals surface area contributed by atoms with Crippen LogP contribution in [0.2, 0.25) is 0 Å². The Morgan fingerprint density at radius 2 is 1.93 bits per heavy atom.